The van der Waals surface area contributed by atoms with Gasteiger partial charge in [0.2, 0.25) is 0 Å². The zero-order valence-corrected chi connectivity index (χ0v) is 9.76. The van der Waals surface area contributed by atoms with Gasteiger partial charge in [0.25, 0.3) is 0 Å². The number of para-hydroxylation sites is 2. The topological polar surface area (TPSA) is 66.2 Å². The van der Waals surface area contributed by atoms with Crippen molar-refractivity contribution in [2.45, 2.75) is 0 Å². The Kier molecular flexibility index (Phi) is 2.82. The highest BCUT2D eigenvalue weighted by atomic mass is 16.8. The highest BCUT2D eigenvalue weighted by Gasteiger charge is 2.11. The second-order valence-electron chi connectivity index (χ2n) is 3.71. The molecule has 0 aliphatic heterocycles. The van der Waals surface area contributed by atoms with Gasteiger partial charge < -0.3 is 4.74 Å². The maximum Gasteiger partial charge on any atom is 0.540 e. The maximum absolute atomic E-state index is 11.6. The Morgan fingerprint density at radius 2 is 1.74 bits per heavy atom. The summed E-state index contributed by atoms with van der Waals surface area (Å²) in [4.78, 5) is 17.6. The van der Waals surface area contributed by atoms with Gasteiger partial charge >= 0.3 is 6.16 Å². The fourth-order valence-electron chi connectivity index (χ4n) is 1.59. The Labute approximate surface area is 108 Å². The summed E-state index contributed by atoms with van der Waals surface area (Å²) in [6.45, 7) is 0. The zero-order chi connectivity index (χ0) is 13.1. The van der Waals surface area contributed by atoms with Crippen molar-refractivity contribution in [2.75, 3.05) is 0 Å². The zero-order valence-electron chi connectivity index (χ0n) is 9.76. The van der Waals surface area contributed by atoms with E-state index in [4.69, 9.17) is 9.57 Å². The van der Waals surface area contributed by atoms with Crippen LogP contribution in [0.4, 0.5) is 4.79 Å². The minimum atomic E-state index is -0.873. The number of fused-ring (bicyclic) bond motifs is 1. The van der Waals surface area contributed by atoms with Crippen LogP contribution in [-0.4, -0.2) is 21.3 Å². The van der Waals surface area contributed by atoms with E-state index in [1.807, 2.05) is 12.1 Å². The number of hydrogen-bond acceptors (Lipinski definition) is 5. The quantitative estimate of drug-likeness (QED) is 0.398. The van der Waals surface area contributed by atoms with Crippen LogP contribution in [0.2, 0.25) is 0 Å². The molecule has 0 saturated heterocycles. The third kappa shape index (κ3) is 2.37. The molecule has 0 unspecified atom stereocenters. The predicted molar refractivity (Wildman–Crippen MR) is 66.6 cm³/mol. The Balaban J connectivity index is 1.76. The number of aromatic nitrogens is 3. The first-order chi connectivity index (χ1) is 9.33. The third-order valence-electron chi connectivity index (χ3n) is 2.43. The maximum atomic E-state index is 11.6. The van der Waals surface area contributed by atoms with Gasteiger partial charge in [-0.15, -0.1) is 5.10 Å². The van der Waals surface area contributed by atoms with Crippen molar-refractivity contribution < 1.29 is 14.4 Å². The highest BCUT2D eigenvalue weighted by Crippen LogP contribution is 2.10. The molecule has 0 aliphatic rings. The molecular formula is C13H9N3O3. The lowest BCUT2D eigenvalue weighted by molar-refractivity contribution is 0.0776. The molecule has 94 valence electrons. The van der Waals surface area contributed by atoms with E-state index in [-0.39, 0.29) is 0 Å². The van der Waals surface area contributed by atoms with E-state index in [0.717, 1.165) is 4.85 Å². The van der Waals surface area contributed by atoms with Gasteiger partial charge in [-0.2, -0.15) is 0 Å². The summed E-state index contributed by atoms with van der Waals surface area (Å²) in [6, 6.07) is 15.8. The normalized spacial score (nSPS) is 10.3. The summed E-state index contributed by atoms with van der Waals surface area (Å²) in [5, 5.41) is 7.58. The molecule has 0 bridgehead atoms. The Morgan fingerprint density at radius 1 is 1.00 bits per heavy atom. The number of rotatable bonds is 2. The van der Waals surface area contributed by atoms with Crippen molar-refractivity contribution in [3.63, 3.8) is 0 Å². The van der Waals surface area contributed by atoms with E-state index in [9.17, 15) is 4.79 Å². The van der Waals surface area contributed by atoms with Gasteiger partial charge in [0.1, 0.15) is 16.8 Å². The van der Waals surface area contributed by atoms with Gasteiger partial charge in [0.05, 0.1) is 0 Å². The van der Waals surface area contributed by atoms with Crippen LogP contribution >= 0.6 is 0 Å². The van der Waals surface area contributed by atoms with Gasteiger partial charge in [-0.3, -0.25) is 4.84 Å². The largest absolute Gasteiger partial charge is 0.540 e. The summed E-state index contributed by atoms with van der Waals surface area (Å²) >= 11 is 0. The van der Waals surface area contributed by atoms with Gasteiger partial charge in [-0.25, -0.2) is 4.79 Å². The average Bonchev–Trinajstić information content (AvgIpc) is 2.83. The van der Waals surface area contributed by atoms with E-state index in [0.29, 0.717) is 16.8 Å². The second-order valence-corrected chi connectivity index (χ2v) is 3.71. The lowest BCUT2D eigenvalue weighted by atomic mass is 10.3. The number of carbonyl (C=O) groups is 1. The number of nitrogens with zero attached hydrogens (tertiary/aromatic N) is 3. The minimum absolute atomic E-state index is 0.400. The second kappa shape index (κ2) is 4.77. The first-order valence-corrected chi connectivity index (χ1v) is 5.58. The van der Waals surface area contributed by atoms with E-state index in [1.165, 1.54) is 0 Å². The van der Waals surface area contributed by atoms with Crippen molar-refractivity contribution in [2.24, 2.45) is 0 Å². The van der Waals surface area contributed by atoms with Gasteiger partial charge in [0.15, 0.2) is 0 Å². The van der Waals surface area contributed by atoms with E-state index in [2.05, 4.69) is 10.3 Å². The monoisotopic (exact) mass is 255 g/mol. The molecule has 0 atom stereocenters. The molecule has 0 fully saturated rings. The summed E-state index contributed by atoms with van der Waals surface area (Å²) in [6.07, 6.45) is -0.873. The third-order valence-corrected chi connectivity index (χ3v) is 2.43. The molecule has 0 amide bonds. The van der Waals surface area contributed by atoms with E-state index < -0.39 is 6.16 Å². The van der Waals surface area contributed by atoms with E-state index in [1.54, 1.807) is 42.5 Å². The molecule has 19 heavy (non-hydrogen) atoms. The summed E-state index contributed by atoms with van der Waals surface area (Å²) in [5.41, 5.74) is 1.22. The Bertz CT molecular complexity index is 709. The molecule has 0 aliphatic carbocycles. The Hall–Kier alpha value is -2.89. The van der Waals surface area contributed by atoms with E-state index >= 15 is 0 Å². The number of benzene rings is 2. The Morgan fingerprint density at radius 3 is 2.58 bits per heavy atom. The molecule has 0 saturated carbocycles. The molecule has 3 aromatic rings. The van der Waals surface area contributed by atoms with Crippen LogP contribution in [0.25, 0.3) is 11.0 Å². The lowest BCUT2D eigenvalue weighted by Crippen LogP contribution is -2.24. The molecule has 6 heteroatoms. The van der Waals surface area contributed by atoms with Gasteiger partial charge in [-0.1, -0.05) is 35.2 Å². The molecule has 1 heterocycles. The first-order valence-electron chi connectivity index (χ1n) is 5.58. The number of hydrogen-bond donors (Lipinski definition) is 0. The molecule has 6 nitrogen and oxygen atoms in total. The van der Waals surface area contributed by atoms with Crippen LogP contribution < -0.4 is 9.57 Å². The molecular weight excluding hydrogens is 246 g/mol. The molecule has 0 N–H and O–H groups in total. The molecule has 2 aromatic carbocycles. The first kappa shape index (κ1) is 11.2. The minimum Gasteiger partial charge on any atom is -0.393 e. The fraction of sp³-hybridized carbons (Fsp3) is 0. The SMILES string of the molecule is O=C(Oc1ccccc1)On1nnc2ccccc21. The molecule has 3 rings (SSSR count). The molecule has 1 aromatic heterocycles. The van der Waals surface area contributed by atoms with Crippen LogP contribution in [0.5, 0.6) is 5.75 Å². The average molecular weight is 255 g/mol. The van der Waals surface area contributed by atoms with Crippen molar-refractivity contribution in [1.29, 1.82) is 0 Å². The fourth-order valence-corrected chi connectivity index (χ4v) is 1.59. The van der Waals surface area contributed by atoms with Gasteiger partial charge in [-0.05, 0) is 29.5 Å². The molecule has 0 spiro atoms. The van der Waals surface area contributed by atoms with Crippen LogP contribution in [0.3, 0.4) is 0 Å². The van der Waals surface area contributed by atoms with Crippen LogP contribution in [0.15, 0.2) is 54.6 Å². The number of ether oxygens (including phenoxy) is 1. The van der Waals surface area contributed by atoms with Crippen molar-refractivity contribution >= 4 is 17.2 Å². The predicted octanol–water partition coefficient (Wildman–Crippen LogP) is 2.06. The molecule has 0 radical (unpaired) electrons. The summed E-state index contributed by atoms with van der Waals surface area (Å²) in [7, 11) is 0. The smallest absolute Gasteiger partial charge is 0.393 e. The van der Waals surface area contributed by atoms with Crippen LogP contribution in [-0.2, 0) is 0 Å². The van der Waals surface area contributed by atoms with Crippen LogP contribution in [0.1, 0.15) is 0 Å². The van der Waals surface area contributed by atoms with Crippen molar-refractivity contribution in [1.82, 2.24) is 15.2 Å². The van der Waals surface area contributed by atoms with Crippen molar-refractivity contribution in [3.05, 3.63) is 54.6 Å². The number of carbonyl (C=O) groups excluding carboxylic acids is 1. The summed E-state index contributed by atoms with van der Waals surface area (Å²) < 4.78 is 4.99. The van der Waals surface area contributed by atoms with Crippen molar-refractivity contribution in [3.8, 4) is 5.75 Å². The van der Waals surface area contributed by atoms with Gasteiger partial charge in [0, 0.05) is 0 Å². The lowest BCUT2D eigenvalue weighted by Gasteiger charge is -2.04. The standard InChI is InChI=1S/C13H9N3O3/c17-13(18-10-6-2-1-3-7-10)19-16-12-9-5-4-8-11(12)14-15-16/h1-9H. The highest BCUT2D eigenvalue weighted by molar-refractivity contribution is 5.74. The summed E-state index contributed by atoms with van der Waals surface area (Å²) in [5.74, 6) is 0.400. The van der Waals surface area contributed by atoms with Crippen LogP contribution in [0, 0.1) is 0 Å².